The van der Waals surface area contributed by atoms with Crippen molar-refractivity contribution < 1.29 is 24.2 Å². The first-order chi connectivity index (χ1) is 9.59. The van der Waals surface area contributed by atoms with Crippen LogP contribution in [0, 0.1) is 0 Å². The van der Waals surface area contributed by atoms with Gasteiger partial charge in [-0.1, -0.05) is 12.1 Å². The van der Waals surface area contributed by atoms with E-state index in [0.29, 0.717) is 19.3 Å². The molecule has 2 amide bonds. The Hall–Kier alpha value is -2.37. The molecule has 1 aliphatic rings. The number of piperidine rings is 1. The Balaban J connectivity index is 1.94. The summed E-state index contributed by atoms with van der Waals surface area (Å²) in [7, 11) is 0. The van der Waals surface area contributed by atoms with E-state index in [2.05, 4.69) is 0 Å². The monoisotopic (exact) mass is 277 g/mol. The zero-order chi connectivity index (χ0) is 14.5. The second-order valence-electron chi connectivity index (χ2n) is 4.44. The average molecular weight is 277 g/mol. The molecule has 0 unspecified atom stereocenters. The van der Waals surface area contributed by atoms with Gasteiger partial charge in [-0.05, 0) is 18.6 Å². The van der Waals surface area contributed by atoms with E-state index in [1.165, 1.54) is 11.0 Å². The molecule has 6 nitrogen and oxygen atoms in total. The number of para-hydroxylation sites is 1. The van der Waals surface area contributed by atoms with E-state index in [9.17, 15) is 14.4 Å². The largest absolute Gasteiger partial charge is 0.491 e. The van der Waals surface area contributed by atoms with Gasteiger partial charge in [0.2, 0.25) is 11.8 Å². The highest BCUT2D eigenvalue weighted by Gasteiger charge is 2.25. The lowest BCUT2D eigenvalue weighted by Gasteiger charge is -2.24. The zero-order valence-corrected chi connectivity index (χ0v) is 10.9. The van der Waals surface area contributed by atoms with Gasteiger partial charge in [0.05, 0.1) is 6.54 Å². The zero-order valence-electron chi connectivity index (χ0n) is 10.9. The lowest BCUT2D eigenvalue weighted by atomic mass is 10.1. The smallest absolute Gasteiger partial charge is 0.339 e. The fourth-order valence-corrected chi connectivity index (χ4v) is 2.07. The lowest BCUT2D eigenvalue weighted by molar-refractivity contribution is -0.148. The maximum atomic E-state index is 11.6. The summed E-state index contributed by atoms with van der Waals surface area (Å²) in [6.07, 6.45) is 1.34. The van der Waals surface area contributed by atoms with Crippen LogP contribution >= 0.6 is 0 Å². The summed E-state index contributed by atoms with van der Waals surface area (Å²) in [4.78, 5) is 35.3. The lowest BCUT2D eigenvalue weighted by Crippen LogP contribution is -2.42. The number of imide groups is 1. The number of carboxylic acid groups (broad SMARTS) is 1. The quantitative estimate of drug-likeness (QED) is 0.820. The van der Waals surface area contributed by atoms with Crippen molar-refractivity contribution in [2.45, 2.75) is 19.3 Å². The van der Waals surface area contributed by atoms with E-state index in [-0.39, 0.29) is 36.3 Å². The van der Waals surface area contributed by atoms with Crippen LogP contribution in [0.3, 0.4) is 0 Å². The number of benzene rings is 1. The third-order valence-electron chi connectivity index (χ3n) is 3.07. The molecule has 1 fully saturated rings. The highest BCUT2D eigenvalue weighted by molar-refractivity contribution is 5.97. The van der Waals surface area contributed by atoms with Crippen molar-refractivity contribution in [3.8, 4) is 5.75 Å². The molecule has 106 valence electrons. The summed E-state index contributed by atoms with van der Waals surface area (Å²) in [6.45, 7) is 0.230. The van der Waals surface area contributed by atoms with E-state index in [1.54, 1.807) is 18.2 Å². The summed E-state index contributed by atoms with van der Waals surface area (Å²) in [5.41, 5.74) is 0.0591. The molecular weight excluding hydrogens is 262 g/mol. The van der Waals surface area contributed by atoms with Crippen molar-refractivity contribution in [3.05, 3.63) is 29.8 Å². The third-order valence-corrected chi connectivity index (χ3v) is 3.07. The van der Waals surface area contributed by atoms with Crippen LogP contribution in [-0.2, 0) is 9.59 Å². The van der Waals surface area contributed by atoms with Crippen LogP contribution in [0.5, 0.6) is 5.75 Å². The first-order valence-electron chi connectivity index (χ1n) is 6.38. The van der Waals surface area contributed by atoms with Gasteiger partial charge in [0, 0.05) is 12.8 Å². The average Bonchev–Trinajstić information content (AvgIpc) is 2.42. The molecule has 0 radical (unpaired) electrons. The molecule has 1 heterocycles. The van der Waals surface area contributed by atoms with Gasteiger partial charge in [-0.25, -0.2) is 4.79 Å². The molecule has 2 rings (SSSR count). The Morgan fingerprint density at radius 2 is 1.85 bits per heavy atom. The number of ether oxygens (including phenoxy) is 1. The third kappa shape index (κ3) is 3.14. The maximum absolute atomic E-state index is 11.6. The minimum absolute atomic E-state index is 0.0591. The van der Waals surface area contributed by atoms with Gasteiger partial charge in [-0.15, -0.1) is 0 Å². The molecule has 0 aromatic heterocycles. The van der Waals surface area contributed by atoms with Crippen LogP contribution in [0.1, 0.15) is 29.6 Å². The van der Waals surface area contributed by atoms with Gasteiger partial charge in [0.1, 0.15) is 17.9 Å². The Kier molecular flexibility index (Phi) is 4.34. The highest BCUT2D eigenvalue weighted by Crippen LogP contribution is 2.18. The van der Waals surface area contributed by atoms with Crippen molar-refractivity contribution in [2.24, 2.45) is 0 Å². The number of nitrogens with zero attached hydrogens (tertiary/aromatic N) is 1. The van der Waals surface area contributed by atoms with Crippen LogP contribution in [0.15, 0.2) is 24.3 Å². The number of rotatable bonds is 5. The Bertz CT molecular complexity index is 524. The Morgan fingerprint density at radius 3 is 2.50 bits per heavy atom. The molecule has 6 heteroatoms. The summed E-state index contributed by atoms with van der Waals surface area (Å²) in [6, 6.07) is 6.26. The first-order valence-corrected chi connectivity index (χ1v) is 6.38. The van der Waals surface area contributed by atoms with Crippen LogP contribution in [0.25, 0.3) is 0 Å². The Morgan fingerprint density at radius 1 is 1.20 bits per heavy atom. The van der Waals surface area contributed by atoms with Crippen molar-refractivity contribution in [2.75, 3.05) is 13.2 Å². The molecule has 0 aliphatic carbocycles. The fraction of sp³-hybridized carbons (Fsp3) is 0.357. The van der Waals surface area contributed by atoms with E-state index in [1.807, 2.05) is 0 Å². The number of likely N-dealkylation sites (tertiary alicyclic amines) is 1. The van der Waals surface area contributed by atoms with Gasteiger partial charge in [-0.3, -0.25) is 14.5 Å². The Labute approximate surface area is 115 Å². The van der Waals surface area contributed by atoms with Crippen molar-refractivity contribution in [1.29, 1.82) is 0 Å². The molecule has 1 aliphatic heterocycles. The molecule has 1 aromatic carbocycles. The van der Waals surface area contributed by atoms with Crippen molar-refractivity contribution >= 4 is 17.8 Å². The van der Waals surface area contributed by atoms with Gasteiger partial charge in [0.15, 0.2) is 0 Å². The van der Waals surface area contributed by atoms with Gasteiger partial charge in [-0.2, -0.15) is 0 Å². The number of carboxylic acids is 1. The van der Waals surface area contributed by atoms with E-state index < -0.39 is 5.97 Å². The molecule has 1 saturated heterocycles. The molecule has 0 saturated carbocycles. The summed E-state index contributed by atoms with van der Waals surface area (Å²) < 4.78 is 5.37. The molecule has 20 heavy (non-hydrogen) atoms. The van der Waals surface area contributed by atoms with Gasteiger partial charge >= 0.3 is 5.97 Å². The number of carbonyl (C=O) groups is 3. The van der Waals surface area contributed by atoms with Crippen LogP contribution in [-0.4, -0.2) is 40.9 Å². The number of hydrogen-bond acceptors (Lipinski definition) is 4. The van der Waals surface area contributed by atoms with E-state index in [4.69, 9.17) is 9.84 Å². The normalized spacial score (nSPS) is 15.3. The SMILES string of the molecule is O=C(O)c1ccccc1OCCN1C(=O)CCCC1=O. The second-order valence-corrected chi connectivity index (χ2v) is 4.44. The fourth-order valence-electron chi connectivity index (χ4n) is 2.07. The summed E-state index contributed by atoms with van der Waals surface area (Å²) in [5, 5.41) is 9.00. The van der Waals surface area contributed by atoms with E-state index in [0.717, 1.165) is 0 Å². The second kappa shape index (κ2) is 6.18. The molecule has 1 N–H and O–H groups in total. The topological polar surface area (TPSA) is 83.9 Å². The minimum Gasteiger partial charge on any atom is -0.491 e. The number of carbonyl (C=O) groups excluding carboxylic acids is 2. The minimum atomic E-state index is -1.08. The number of amides is 2. The standard InChI is InChI=1S/C14H15NO5/c16-12-6-3-7-13(17)15(12)8-9-20-11-5-2-1-4-10(11)14(18)19/h1-2,4-5H,3,6-9H2,(H,18,19). The predicted molar refractivity (Wildman–Crippen MR) is 69.5 cm³/mol. The number of hydrogen-bond donors (Lipinski definition) is 1. The number of aromatic carboxylic acids is 1. The molecule has 0 spiro atoms. The van der Waals surface area contributed by atoms with Gasteiger partial charge in [0.25, 0.3) is 0 Å². The van der Waals surface area contributed by atoms with Crippen molar-refractivity contribution in [3.63, 3.8) is 0 Å². The van der Waals surface area contributed by atoms with Crippen LogP contribution < -0.4 is 4.74 Å². The first kappa shape index (κ1) is 14.0. The molecule has 1 aromatic rings. The summed E-state index contributed by atoms with van der Waals surface area (Å²) >= 11 is 0. The molecular formula is C14H15NO5. The predicted octanol–water partition coefficient (Wildman–Crippen LogP) is 1.30. The highest BCUT2D eigenvalue weighted by atomic mass is 16.5. The summed E-state index contributed by atoms with van der Waals surface area (Å²) in [5.74, 6) is -1.24. The van der Waals surface area contributed by atoms with E-state index >= 15 is 0 Å². The molecule has 0 atom stereocenters. The van der Waals surface area contributed by atoms with Crippen LogP contribution in [0.4, 0.5) is 0 Å². The maximum Gasteiger partial charge on any atom is 0.339 e. The molecule has 0 bridgehead atoms. The van der Waals surface area contributed by atoms with Gasteiger partial charge < -0.3 is 9.84 Å². The van der Waals surface area contributed by atoms with Crippen molar-refractivity contribution in [1.82, 2.24) is 4.90 Å². The van der Waals surface area contributed by atoms with Crippen LogP contribution in [0.2, 0.25) is 0 Å².